The Morgan fingerprint density at radius 3 is 2.75 bits per heavy atom. The van der Waals surface area contributed by atoms with Crippen molar-refractivity contribution in [2.24, 2.45) is 0 Å². The number of ether oxygens (including phenoxy) is 1. The van der Waals surface area contributed by atoms with Crippen LogP contribution in [0.2, 0.25) is 5.02 Å². The van der Waals surface area contributed by atoms with Gasteiger partial charge in [0.25, 0.3) is 5.69 Å². The fourth-order valence-electron chi connectivity index (χ4n) is 1.08. The summed E-state index contributed by atoms with van der Waals surface area (Å²) >= 11 is 8.90. The van der Waals surface area contributed by atoms with E-state index in [0.717, 1.165) is 0 Å². The summed E-state index contributed by atoms with van der Waals surface area (Å²) in [5, 5.41) is 10.7. The van der Waals surface area contributed by atoms with E-state index in [9.17, 15) is 14.9 Å². The van der Waals surface area contributed by atoms with Crippen molar-refractivity contribution in [3.63, 3.8) is 0 Å². The normalized spacial score (nSPS) is 9.94. The number of hydrogen-bond acceptors (Lipinski definition) is 4. The van der Waals surface area contributed by atoms with Gasteiger partial charge in [0.1, 0.15) is 4.47 Å². The fraction of sp³-hybridized carbons (Fsp3) is 0.222. The summed E-state index contributed by atoms with van der Waals surface area (Å²) in [7, 11) is 1.26. The third-order valence-electron chi connectivity index (χ3n) is 1.90. The van der Waals surface area contributed by atoms with Gasteiger partial charge in [-0.3, -0.25) is 14.9 Å². The molecule has 0 heterocycles. The van der Waals surface area contributed by atoms with Crippen molar-refractivity contribution in [2.75, 3.05) is 7.11 Å². The van der Waals surface area contributed by atoms with Gasteiger partial charge in [0, 0.05) is 6.07 Å². The van der Waals surface area contributed by atoms with Gasteiger partial charge in [0.15, 0.2) is 0 Å². The van der Waals surface area contributed by atoms with Crippen molar-refractivity contribution in [3.05, 3.63) is 37.3 Å². The smallest absolute Gasteiger partial charge is 0.310 e. The van der Waals surface area contributed by atoms with E-state index >= 15 is 0 Å². The number of nitro groups is 1. The molecular weight excluding hydrogens is 301 g/mol. The van der Waals surface area contributed by atoms with Crippen LogP contribution in [0.15, 0.2) is 16.6 Å². The highest BCUT2D eigenvalue weighted by atomic mass is 79.9. The number of halogens is 2. The summed E-state index contributed by atoms with van der Waals surface area (Å²) in [6.45, 7) is 0. The lowest BCUT2D eigenvalue weighted by molar-refractivity contribution is -0.385. The average Bonchev–Trinajstić information content (AvgIpc) is 2.24. The van der Waals surface area contributed by atoms with Crippen LogP contribution in [-0.2, 0) is 16.0 Å². The number of nitrogens with zero attached hydrogens (tertiary/aromatic N) is 1. The number of esters is 1. The zero-order valence-electron chi connectivity index (χ0n) is 8.20. The first-order valence-electron chi connectivity index (χ1n) is 4.15. The molecule has 0 bridgehead atoms. The predicted molar refractivity (Wildman–Crippen MR) is 61.5 cm³/mol. The van der Waals surface area contributed by atoms with Gasteiger partial charge in [0.2, 0.25) is 0 Å². The lowest BCUT2D eigenvalue weighted by atomic mass is 10.1. The summed E-state index contributed by atoms with van der Waals surface area (Å²) in [5.41, 5.74) is 0.338. The Bertz CT molecular complexity index is 449. The van der Waals surface area contributed by atoms with Crippen molar-refractivity contribution >= 4 is 39.2 Å². The summed E-state index contributed by atoms with van der Waals surface area (Å²) in [6, 6.07) is 2.72. The van der Waals surface area contributed by atoms with Gasteiger partial charge in [0.05, 0.1) is 23.5 Å². The maximum Gasteiger partial charge on any atom is 0.310 e. The Labute approximate surface area is 105 Å². The first-order chi connectivity index (χ1) is 7.47. The molecule has 0 aromatic heterocycles. The second kappa shape index (κ2) is 5.27. The first-order valence-corrected chi connectivity index (χ1v) is 5.32. The van der Waals surface area contributed by atoms with Gasteiger partial charge >= 0.3 is 5.97 Å². The van der Waals surface area contributed by atoms with E-state index in [2.05, 4.69) is 20.7 Å². The van der Waals surface area contributed by atoms with Gasteiger partial charge in [-0.2, -0.15) is 0 Å². The number of carbonyl (C=O) groups excluding carboxylic acids is 1. The molecule has 0 N–H and O–H groups in total. The molecule has 0 radical (unpaired) electrons. The van der Waals surface area contributed by atoms with Gasteiger partial charge < -0.3 is 4.74 Å². The van der Waals surface area contributed by atoms with Crippen LogP contribution in [0, 0.1) is 10.1 Å². The van der Waals surface area contributed by atoms with E-state index in [4.69, 9.17) is 11.6 Å². The number of hydrogen-bond donors (Lipinski definition) is 0. The minimum Gasteiger partial charge on any atom is -0.469 e. The SMILES string of the molecule is COC(=O)Cc1ccc([N+](=O)[O-])c(Br)c1Cl. The molecule has 0 unspecified atom stereocenters. The molecule has 1 rings (SSSR count). The van der Waals surface area contributed by atoms with Crippen molar-refractivity contribution in [1.29, 1.82) is 0 Å². The van der Waals surface area contributed by atoms with Gasteiger partial charge in [-0.15, -0.1) is 0 Å². The van der Waals surface area contributed by atoms with E-state index in [1.54, 1.807) is 0 Å². The van der Waals surface area contributed by atoms with Crippen LogP contribution < -0.4 is 0 Å². The Morgan fingerprint density at radius 1 is 1.62 bits per heavy atom. The van der Waals surface area contributed by atoms with E-state index in [1.165, 1.54) is 19.2 Å². The van der Waals surface area contributed by atoms with Gasteiger partial charge in [-0.05, 0) is 21.5 Å². The molecule has 1 aromatic rings. The zero-order valence-corrected chi connectivity index (χ0v) is 10.5. The molecule has 0 spiro atoms. The van der Waals surface area contributed by atoms with Crippen molar-refractivity contribution in [3.8, 4) is 0 Å². The van der Waals surface area contributed by atoms with Crippen molar-refractivity contribution in [2.45, 2.75) is 6.42 Å². The molecule has 0 aliphatic rings. The predicted octanol–water partition coefficient (Wildman–Crippen LogP) is 2.73. The Balaban J connectivity index is 3.12. The molecule has 0 saturated carbocycles. The molecular formula is C9H7BrClNO4. The third kappa shape index (κ3) is 2.70. The highest BCUT2D eigenvalue weighted by Gasteiger charge is 2.18. The minimum atomic E-state index is -0.558. The maximum atomic E-state index is 11.0. The van der Waals surface area contributed by atoms with Crippen LogP contribution in [0.1, 0.15) is 5.56 Å². The number of nitro benzene ring substituents is 1. The van der Waals surface area contributed by atoms with E-state index in [0.29, 0.717) is 5.56 Å². The molecule has 0 aliphatic carbocycles. The largest absolute Gasteiger partial charge is 0.469 e. The summed E-state index contributed by atoms with van der Waals surface area (Å²) in [6.07, 6.45) is -0.0219. The quantitative estimate of drug-likeness (QED) is 0.489. The van der Waals surface area contributed by atoms with Gasteiger partial charge in [-0.1, -0.05) is 17.7 Å². The highest BCUT2D eigenvalue weighted by molar-refractivity contribution is 9.10. The third-order valence-corrected chi connectivity index (χ3v) is 3.36. The monoisotopic (exact) mass is 307 g/mol. The van der Waals surface area contributed by atoms with Crippen LogP contribution >= 0.6 is 27.5 Å². The molecule has 0 fully saturated rings. The molecule has 7 heteroatoms. The summed E-state index contributed by atoms with van der Waals surface area (Å²) in [5.74, 6) is -0.456. The van der Waals surface area contributed by atoms with E-state index in [1.807, 2.05) is 0 Å². The Kier molecular flexibility index (Phi) is 4.26. The van der Waals surface area contributed by atoms with Crippen LogP contribution in [0.3, 0.4) is 0 Å². The summed E-state index contributed by atoms with van der Waals surface area (Å²) in [4.78, 5) is 21.1. The number of rotatable bonds is 3. The fourth-order valence-corrected chi connectivity index (χ4v) is 1.84. The molecule has 0 aliphatic heterocycles. The van der Waals surface area contributed by atoms with Gasteiger partial charge in [-0.25, -0.2) is 0 Å². The van der Waals surface area contributed by atoms with Crippen molar-refractivity contribution < 1.29 is 14.5 Å². The standard InChI is InChI=1S/C9H7BrClNO4/c1-16-7(13)4-5-2-3-6(12(14)15)8(10)9(5)11/h2-3H,4H2,1H3. The van der Waals surface area contributed by atoms with Crippen molar-refractivity contribution in [1.82, 2.24) is 0 Å². The molecule has 16 heavy (non-hydrogen) atoms. The minimum absolute atomic E-state index is 0.0219. The lowest BCUT2D eigenvalue weighted by Crippen LogP contribution is -2.05. The molecule has 0 saturated heterocycles. The molecule has 1 aromatic carbocycles. The first kappa shape index (κ1) is 12.9. The lowest BCUT2D eigenvalue weighted by Gasteiger charge is -2.05. The number of carbonyl (C=O) groups is 1. The highest BCUT2D eigenvalue weighted by Crippen LogP contribution is 2.34. The molecule has 0 atom stereocenters. The molecule has 86 valence electrons. The number of methoxy groups -OCH3 is 1. The average molecular weight is 309 g/mol. The Hall–Kier alpha value is -1.14. The topological polar surface area (TPSA) is 69.4 Å². The van der Waals surface area contributed by atoms with Crippen LogP contribution in [0.25, 0.3) is 0 Å². The Morgan fingerprint density at radius 2 is 2.25 bits per heavy atom. The zero-order chi connectivity index (χ0) is 12.3. The number of benzene rings is 1. The van der Waals surface area contributed by atoms with E-state index in [-0.39, 0.29) is 21.6 Å². The molecule has 0 amide bonds. The molecule has 5 nitrogen and oxygen atoms in total. The van der Waals surface area contributed by atoms with Crippen LogP contribution in [0.5, 0.6) is 0 Å². The second-order valence-electron chi connectivity index (χ2n) is 2.88. The van der Waals surface area contributed by atoms with E-state index < -0.39 is 10.9 Å². The second-order valence-corrected chi connectivity index (χ2v) is 4.05. The maximum absolute atomic E-state index is 11.0. The van der Waals surface area contributed by atoms with Crippen LogP contribution in [-0.4, -0.2) is 18.0 Å². The van der Waals surface area contributed by atoms with Crippen LogP contribution in [0.4, 0.5) is 5.69 Å². The summed E-state index contributed by atoms with van der Waals surface area (Å²) < 4.78 is 4.65.